The molecule has 0 radical (unpaired) electrons. The fourth-order valence-electron chi connectivity index (χ4n) is 3.94. The van der Waals surface area contributed by atoms with Crippen molar-refractivity contribution in [2.45, 2.75) is 38.5 Å². The molecule has 1 aromatic carbocycles. The summed E-state index contributed by atoms with van der Waals surface area (Å²) in [6.45, 7) is 1.80. The first kappa shape index (κ1) is 14.1. The second-order valence-electron chi connectivity index (χ2n) is 6.27. The molecule has 1 aliphatic heterocycles. The summed E-state index contributed by atoms with van der Waals surface area (Å²) < 4.78 is 0. The molecule has 114 valence electrons. The average Bonchev–Trinajstić information content (AvgIpc) is 2.95. The lowest BCUT2D eigenvalue weighted by Crippen LogP contribution is -2.39. The maximum absolute atomic E-state index is 11.4. The van der Waals surface area contributed by atoms with E-state index in [-0.39, 0.29) is 10.6 Å². The van der Waals surface area contributed by atoms with Gasteiger partial charge in [0.05, 0.1) is 4.92 Å². The van der Waals surface area contributed by atoms with Crippen molar-refractivity contribution in [2.24, 2.45) is 11.3 Å². The molecule has 0 unspecified atom stereocenters. The van der Waals surface area contributed by atoms with Crippen LogP contribution in [0.3, 0.4) is 0 Å². The molecule has 1 spiro atoms. The van der Waals surface area contributed by atoms with Crippen molar-refractivity contribution in [1.82, 2.24) is 0 Å². The van der Waals surface area contributed by atoms with Gasteiger partial charge in [0, 0.05) is 13.1 Å². The van der Waals surface area contributed by atoms with Gasteiger partial charge in [0.2, 0.25) is 0 Å². The highest BCUT2D eigenvalue weighted by molar-refractivity contribution is 5.76. The number of para-hydroxylation sites is 1. The zero-order chi connectivity index (χ0) is 14.9. The summed E-state index contributed by atoms with van der Waals surface area (Å²) in [5.74, 6) is 5.41. The number of hydrogen-bond acceptors (Lipinski definition) is 5. The van der Waals surface area contributed by atoms with Crippen LogP contribution in [0.15, 0.2) is 18.2 Å². The van der Waals surface area contributed by atoms with Crippen molar-refractivity contribution >= 4 is 17.1 Å². The van der Waals surface area contributed by atoms with Crippen molar-refractivity contribution in [3.8, 4) is 0 Å². The first-order valence-electron chi connectivity index (χ1n) is 7.64. The van der Waals surface area contributed by atoms with Crippen molar-refractivity contribution in [2.75, 3.05) is 23.4 Å². The number of nitrogen functional groups attached to an aromatic ring is 1. The molecule has 3 rings (SSSR count). The molecule has 21 heavy (non-hydrogen) atoms. The predicted octanol–water partition coefficient (Wildman–Crippen LogP) is 3.04. The van der Waals surface area contributed by atoms with E-state index in [1.54, 1.807) is 6.07 Å². The number of nitrogens with one attached hydrogen (secondary N) is 1. The molecule has 1 saturated heterocycles. The molecular weight excluding hydrogens is 268 g/mol. The molecule has 6 nitrogen and oxygen atoms in total. The molecule has 2 aliphatic rings. The summed E-state index contributed by atoms with van der Waals surface area (Å²) >= 11 is 0. The maximum atomic E-state index is 11.4. The van der Waals surface area contributed by atoms with E-state index in [0.717, 1.165) is 25.9 Å². The van der Waals surface area contributed by atoms with E-state index >= 15 is 0 Å². The molecule has 0 aromatic heterocycles. The lowest BCUT2D eigenvalue weighted by molar-refractivity contribution is -0.383. The zero-order valence-corrected chi connectivity index (χ0v) is 12.2. The Balaban J connectivity index is 1.83. The van der Waals surface area contributed by atoms with Crippen molar-refractivity contribution in [3.63, 3.8) is 0 Å². The van der Waals surface area contributed by atoms with E-state index in [2.05, 4.69) is 10.3 Å². The van der Waals surface area contributed by atoms with Gasteiger partial charge in [-0.15, -0.1) is 0 Å². The number of nitrogens with two attached hydrogens (primary N) is 1. The normalized spacial score (nSPS) is 20.7. The summed E-state index contributed by atoms with van der Waals surface area (Å²) in [5, 5.41) is 11.4. The first-order valence-corrected chi connectivity index (χ1v) is 7.64. The highest BCUT2D eigenvalue weighted by atomic mass is 16.6. The van der Waals surface area contributed by atoms with Crippen LogP contribution in [0.4, 0.5) is 17.1 Å². The lowest BCUT2D eigenvalue weighted by atomic mass is 9.77. The molecule has 0 amide bonds. The molecule has 0 atom stereocenters. The van der Waals surface area contributed by atoms with Crippen LogP contribution < -0.4 is 16.2 Å². The van der Waals surface area contributed by atoms with Gasteiger partial charge in [-0.3, -0.25) is 16.0 Å². The first-order chi connectivity index (χ1) is 10.2. The lowest BCUT2D eigenvalue weighted by Gasteiger charge is -2.40. The molecule has 1 saturated carbocycles. The number of anilines is 2. The topological polar surface area (TPSA) is 84.4 Å². The van der Waals surface area contributed by atoms with Crippen LogP contribution in [-0.4, -0.2) is 18.0 Å². The summed E-state index contributed by atoms with van der Waals surface area (Å²) in [4.78, 5) is 13.2. The standard InChI is InChI=1S/C15H22N4O2/c16-17-12-4-3-5-13(14(12)19(20)21)18-10-8-15(9-11-18)6-1-2-7-15/h3-5,17H,1-2,6-11,16H2. The van der Waals surface area contributed by atoms with Crippen molar-refractivity contribution in [3.05, 3.63) is 28.3 Å². The Morgan fingerprint density at radius 1 is 1.19 bits per heavy atom. The van der Waals surface area contributed by atoms with Crippen LogP contribution >= 0.6 is 0 Å². The third-order valence-corrected chi connectivity index (χ3v) is 5.18. The molecule has 1 aliphatic carbocycles. The number of nitro groups is 1. The predicted molar refractivity (Wildman–Crippen MR) is 83.3 cm³/mol. The number of nitro benzene ring substituents is 1. The van der Waals surface area contributed by atoms with Crippen LogP contribution in [0, 0.1) is 15.5 Å². The Kier molecular flexibility index (Phi) is 3.71. The Bertz CT molecular complexity index is 530. The molecule has 3 N–H and O–H groups in total. The molecule has 6 heteroatoms. The minimum atomic E-state index is -0.343. The molecule has 1 heterocycles. The molecule has 2 fully saturated rings. The average molecular weight is 290 g/mol. The number of piperidine rings is 1. The smallest absolute Gasteiger partial charge is 0.316 e. The van der Waals surface area contributed by atoms with Gasteiger partial charge in [-0.1, -0.05) is 18.9 Å². The van der Waals surface area contributed by atoms with Crippen LogP contribution in [-0.2, 0) is 0 Å². The SMILES string of the molecule is NNc1cccc(N2CCC3(CCCC3)CC2)c1[N+](=O)[O-]. The highest BCUT2D eigenvalue weighted by Crippen LogP contribution is 2.47. The number of hydrazine groups is 1. The fraction of sp³-hybridized carbons (Fsp3) is 0.600. The summed E-state index contributed by atoms with van der Waals surface area (Å²) in [6.07, 6.45) is 7.62. The van der Waals surface area contributed by atoms with Gasteiger partial charge in [-0.05, 0) is 43.2 Å². The molecular formula is C15H22N4O2. The van der Waals surface area contributed by atoms with Gasteiger partial charge >= 0.3 is 5.69 Å². The number of benzene rings is 1. The van der Waals surface area contributed by atoms with E-state index in [1.807, 2.05) is 12.1 Å². The minimum absolute atomic E-state index is 0.0855. The van der Waals surface area contributed by atoms with E-state index < -0.39 is 0 Å². The summed E-state index contributed by atoms with van der Waals surface area (Å²) in [5.41, 5.74) is 4.09. The van der Waals surface area contributed by atoms with Crippen LogP contribution in [0.2, 0.25) is 0 Å². The Morgan fingerprint density at radius 3 is 2.43 bits per heavy atom. The molecule has 0 bridgehead atoms. The Morgan fingerprint density at radius 2 is 1.86 bits per heavy atom. The Hall–Kier alpha value is -1.82. The third kappa shape index (κ3) is 2.55. The number of nitrogens with zero attached hydrogens (tertiary/aromatic N) is 2. The van der Waals surface area contributed by atoms with Gasteiger partial charge in [0.1, 0.15) is 11.4 Å². The number of hydrogen-bond donors (Lipinski definition) is 2. The van der Waals surface area contributed by atoms with Gasteiger partial charge in [-0.2, -0.15) is 0 Å². The van der Waals surface area contributed by atoms with Gasteiger partial charge < -0.3 is 10.3 Å². The molecule has 1 aromatic rings. The van der Waals surface area contributed by atoms with Crippen molar-refractivity contribution in [1.29, 1.82) is 0 Å². The fourth-order valence-corrected chi connectivity index (χ4v) is 3.94. The van der Waals surface area contributed by atoms with Gasteiger partial charge in [0.15, 0.2) is 0 Å². The monoisotopic (exact) mass is 290 g/mol. The van der Waals surface area contributed by atoms with E-state index in [0.29, 0.717) is 16.8 Å². The van der Waals surface area contributed by atoms with Crippen LogP contribution in [0.25, 0.3) is 0 Å². The van der Waals surface area contributed by atoms with E-state index in [9.17, 15) is 10.1 Å². The quantitative estimate of drug-likeness (QED) is 0.508. The highest BCUT2D eigenvalue weighted by Gasteiger charge is 2.38. The zero-order valence-electron chi connectivity index (χ0n) is 12.2. The van der Waals surface area contributed by atoms with E-state index in [4.69, 9.17) is 5.84 Å². The summed E-state index contributed by atoms with van der Waals surface area (Å²) in [6, 6.07) is 5.28. The van der Waals surface area contributed by atoms with E-state index in [1.165, 1.54) is 25.7 Å². The largest absolute Gasteiger partial charge is 0.366 e. The Labute approximate surface area is 124 Å². The van der Waals surface area contributed by atoms with Gasteiger partial charge in [0.25, 0.3) is 0 Å². The number of rotatable bonds is 3. The van der Waals surface area contributed by atoms with Gasteiger partial charge in [-0.25, -0.2) is 0 Å². The second kappa shape index (κ2) is 5.52. The third-order valence-electron chi connectivity index (χ3n) is 5.18. The van der Waals surface area contributed by atoms with Crippen LogP contribution in [0.1, 0.15) is 38.5 Å². The second-order valence-corrected chi connectivity index (χ2v) is 6.27. The maximum Gasteiger partial charge on any atom is 0.316 e. The van der Waals surface area contributed by atoms with Crippen molar-refractivity contribution < 1.29 is 4.92 Å². The summed E-state index contributed by atoms with van der Waals surface area (Å²) in [7, 11) is 0. The van der Waals surface area contributed by atoms with Crippen LogP contribution in [0.5, 0.6) is 0 Å². The minimum Gasteiger partial charge on any atom is -0.366 e.